The molecule has 0 spiro atoms. The zero-order valence-electron chi connectivity index (χ0n) is 16.3. The highest BCUT2D eigenvalue weighted by Crippen LogP contribution is 2.38. The standard InChI is InChI=1S/C27H24P2/c1-5-14-24(15-6-1)28(25-16-7-2-8-17-25)22-13-23-29(26-18-9-3-10-19-26)27-20-11-4-12-21-27/h1-22H,23H2/b22-13+. The van der Waals surface area contributed by atoms with Gasteiger partial charge < -0.3 is 0 Å². The first-order valence-electron chi connectivity index (χ1n) is 9.85. The lowest BCUT2D eigenvalue weighted by Crippen LogP contribution is -2.13. The van der Waals surface area contributed by atoms with Gasteiger partial charge >= 0.3 is 0 Å². The van der Waals surface area contributed by atoms with E-state index in [2.05, 4.69) is 133 Å². The molecule has 0 atom stereocenters. The van der Waals surface area contributed by atoms with Gasteiger partial charge in [0.1, 0.15) is 0 Å². The molecule has 29 heavy (non-hydrogen) atoms. The third kappa shape index (κ3) is 5.30. The summed E-state index contributed by atoms with van der Waals surface area (Å²) in [6.45, 7) is 0. The topological polar surface area (TPSA) is 0 Å². The van der Waals surface area contributed by atoms with Crippen LogP contribution in [0.2, 0.25) is 0 Å². The van der Waals surface area contributed by atoms with Crippen molar-refractivity contribution in [3.8, 4) is 0 Å². The second-order valence-corrected chi connectivity index (χ2v) is 11.0. The largest absolute Gasteiger partial charge is 0.0785 e. The summed E-state index contributed by atoms with van der Waals surface area (Å²) in [5.74, 6) is 2.45. The van der Waals surface area contributed by atoms with Crippen LogP contribution >= 0.6 is 15.8 Å². The van der Waals surface area contributed by atoms with Gasteiger partial charge in [0, 0.05) is 0 Å². The van der Waals surface area contributed by atoms with Gasteiger partial charge in [-0.15, -0.1) is 0 Å². The Hall–Kier alpha value is -2.52. The van der Waals surface area contributed by atoms with Crippen LogP contribution in [0.3, 0.4) is 0 Å². The van der Waals surface area contributed by atoms with Crippen molar-refractivity contribution in [3.63, 3.8) is 0 Å². The van der Waals surface area contributed by atoms with Gasteiger partial charge in [-0.2, -0.15) is 0 Å². The molecule has 0 saturated carbocycles. The van der Waals surface area contributed by atoms with Crippen molar-refractivity contribution in [2.24, 2.45) is 0 Å². The van der Waals surface area contributed by atoms with Crippen molar-refractivity contribution in [2.75, 3.05) is 6.16 Å². The molecule has 0 aliphatic carbocycles. The van der Waals surface area contributed by atoms with Crippen LogP contribution < -0.4 is 21.2 Å². The minimum absolute atomic E-state index is 0.396. The third-order valence-electron chi connectivity index (χ3n) is 4.75. The fraction of sp³-hybridized carbons (Fsp3) is 0.0370. The molecule has 0 saturated heterocycles. The Morgan fingerprint density at radius 3 is 1.17 bits per heavy atom. The highest BCUT2D eigenvalue weighted by atomic mass is 31.1. The minimum Gasteiger partial charge on any atom is -0.0785 e. The van der Waals surface area contributed by atoms with Gasteiger partial charge in [-0.25, -0.2) is 0 Å². The van der Waals surface area contributed by atoms with E-state index in [0.29, 0.717) is 0 Å². The molecule has 0 bridgehead atoms. The third-order valence-corrected chi connectivity index (χ3v) is 9.38. The van der Waals surface area contributed by atoms with Crippen LogP contribution in [-0.4, -0.2) is 6.16 Å². The first kappa shape index (κ1) is 19.8. The van der Waals surface area contributed by atoms with Gasteiger partial charge in [-0.1, -0.05) is 133 Å². The van der Waals surface area contributed by atoms with Crippen LogP contribution in [0, 0.1) is 0 Å². The predicted molar refractivity (Wildman–Crippen MR) is 132 cm³/mol. The van der Waals surface area contributed by atoms with Gasteiger partial charge in [-0.05, 0) is 43.2 Å². The highest BCUT2D eigenvalue weighted by molar-refractivity contribution is 7.76. The maximum atomic E-state index is 2.45. The van der Waals surface area contributed by atoms with E-state index in [-0.39, 0.29) is 0 Å². The molecule has 0 heterocycles. The summed E-state index contributed by atoms with van der Waals surface area (Å²) in [5.41, 5.74) is 0. The molecule has 0 fully saturated rings. The van der Waals surface area contributed by atoms with E-state index in [4.69, 9.17) is 0 Å². The van der Waals surface area contributed by atoms with Gasteiger partial charge in [0.05, 0.1) is 0 Å². The molecule has 4 aromatic rings. The molecule has 0 aliphatic rings. The number of allylic oxidation sites excluding steroid dienone is 1. The van der Waals surface area contributed by atoms with Crippen LogP contribution in [0.5, 0.6) is 0 Å². The van der Waals surface area contributed by atoms with E-state index < -0.39 is 15.8 Å². The second-order valence-electron chi connectivity index (χ2n) is 6.71. The molecule has 142 valence electrons. The number of hydrogen-bond acceptors (Lipinski definition) is 0. The van der Waals surface area contributed by atoms with Crippen molar-refractivity contribution in [2.45, 2.75) is 0 Å². The van der Waals surface area contributed by atoms with Crippen LogP contribution in [0.25, 0.3) is 0 Å². The van der Waals surface area contributed by atoms with Gasteiger partial charge in [0.15, 0.2) is 0 Å². The van der Waals surface area contributed by atoms with Gasteiger partial charge in [-0.3, -0.25) is 0 Å². The number of hydrogen-bond donors (Lipinski definition) is 0. The molecule has 0 nitrogen and oxygen atoms in total. The van der Waals surface area contributed by atoms with Gasteiger partial charge in [0.2, 0.25) is 0 Å². The number of rotatable bonds is 7. The SMILES string of the molecule is C(=C\P(c1ccccc1)c1ccccc1)/CP(c1ccccc1)c1ccccc1. The molecule has 2 heteroatoms. The summed E-state index contributed by atoms with van der Waals surface area (Å²) in [6, 6.07) is 43.6. The Balaban J connectivity index is 1.62. The summed E-state index contributed by atoms with van der Waals surface area (Å²) in [4.78, 5) is 0. The Bertz CT molecular complexity index is 934. The fourth-order valence-corrected chi connectivity index (χ4v) is 7.54. The lowest BCUT2D eigenvalue weighted by atomic mass is 10.4. The summed E-state index contributed by atoms with van der Waals surface area (Å²) < 4.78 is 0. The summed E-state index contributed by atoms with van der Waals surface area (Å²) in [6.07, 6.45) is 3.47. The molecule has 0 radical (unpaired) electrons. The Morgan fingerprint density at radius 1 is 0.448 bits per heavy atom. The zero-order valence-corrected chi connectivity index (χ0v) is 18.1. The second kappa shape index (κ2) is 10.3. The summed E-state index contributed by atoms with van der Waals surface area (Å²) >= 11 is 0. The first-order chi connectivity index (χ1) is 14.4. The van der Waals surface area contributed by atoms with Crippen molar-refractivity contribution < 1.29 is 0 Å². The van der Waals surface area contributed by atoms with Crippen molar-refractivity contribution in [1.29, 1.82) is 0 Å². The fourth-order valence-electron chi connectivity index (χ4n) is 3.33. The van der Waals surface area contributed by atoms with Crippen LogP contribution in [-0.2, 0) is 0 Å². The number of benzene rings is 4. The van der Waals surface area contributed by atoms with Crippen molar-refractivity contribution in [3.05, 3.63) is 133 Å². The smallest absolute Gasteiger partial charge is 0.00605 e. The maximum absolute atomic E-state index is 2.45. The molecule has 0 unspecified atom stereocenters. The van der Waals surface area contributed by atoms with Crippen LogP contribution in [0.1, 0.15) is 0 Å². The molecule has 0 N–H and O–H groups in total. The molecular weight excluding hydrogens is 386 g/mol. The van der Waals surface area contributed by atoms with E-state index >= 15 is 0 Å². The van der Waals surface area contributed by atoms with E-state index in [1.165, 1.54) is 21.2 Å². The Morgan fingerprint density at radius 2 is 0.793 bits per heavy atom. The van der Waals surface area contributed by atoms with E-state index in [1.807, 2.05) is 0 Å². The molecule has 4 aromatic carbocycles. The zero-order chi connectivity index (χ0) is 19.7. The minimum atomic E-state index is -0.490. The molecular formula is C27H24P2. The summed E-state index contributed by atoms with van der Waals surface area (Å²) in [7, 11) is -0.885. The monoisotopic (exact) mass is 410 g/mol. The molecule has 4 rings (SSSR count). The predicted octanol–water partition coefficient (Wildman–Crippen LogP) is 5.77. The quantitative estimate of drug-likeness (QED) is 0.340. The van der Waals surface area contributed by atoms with E-state index in [1.54, 1.807) is 0 Å². The molecule has 0 aromatic heterocycles. The Kier molecular flexibility index (Phi) is 7.03. The lowest BCUT2D eigenvalue weighted by molar-refractivity contribution is 1.70. The van der Waals surface area contributed by atoms with Crippen LogP contribution in [0.15, 0.2) is 133 Å². The van der Waals surface area contributed by atoms with Crippen LogP contribution in [0.4, 0.5) is 0 Å². The average Bonchev–Trinajstić information content (AvgIpc) is 2.81. The maximum Gasteiger partial charge on any atom is -0.00605 e. The van der Waals surface area contributed by atoms with E-state index in [0.717, 1.165) is 6.16 Å². The van der Waals surface area contributed by atoms with E-state index in [9.17, 15) is 0 Å². The van der Waals surface area contributed by atoms with Crippen molar-refractivity contribution >= 4 is 37.1 Å². The Labute approximate surface area is 176 Å². The summed E-state index contributed by atoms with van der Waals surface area (Å²) in [5, 5.41) is 5.66. The van der Waals surface area contributed by atoms with Crippen molar-refractivity contribution in [1.82, 2.24) is 0 Å². The normalized spacial score (nSPS) is 11.4. The molecule has 0 aliphatic heterocycles. The first-order valence-corrected chi connectivity index (χ1v) is 12.8. The average molecular weight is 410 g/mol. The molecule has 0 amide bonds. The van der Waals surface area contributed by atoms with Gasteiger partial charge in [0.25, 0.3) is 0 Å². The lowest BCUT2D eigenvalue weighted by Gasteiger charge is -2.18. The highest BCUT2D eigenvalue weighted by Gasteiger charge is 2.13.